The topological polar surface area (TPSA) is 129 Å². The second kappa shape index (κ2) is 12.0. The third-order valence-corrected chi connectivity index (χ3v) is 3.58. The fraction of sp³-hybridized carbons (Fsp3) is 0.800. The van der Waals surface area contributed by atoms with E-state index in [4.69, 9.17) is 17.2 Å². The van der Waals surface area contributed by atoms with Crippen LogP contribution in [0.2, 0.25) is 0 Å². The van der Waals surface area contributed by atoms with Gasteiger partial charge in [-0.2, -0.15) is 15.0 Å². The zero-order valence-electron chi connectivity index (χ0n) is 13.6. The van der Waals surface area contributed by atoms with Gasteiger partial charge in [0.25, 0.3) is 0 Å². The highest BCUT2D eigenvalue weighted by molar-refractivity contribution is 5.36. The quantitative estimate of drug-likeness (QED) is 0.411. The summed E-state index contributed by atoms with van der Waals surface area (Å²) in [6.07, 6.45) is 12.8. The number of hydrogen-bond acceptors (Lipinski definition) is 7. The van der Waals surface area contributed by atoms with Crippen molar-refractivity contribution in [3.8, 4) is 0 Å². The van der Waals surface area contributed by atoms with Gasteiger partial charge in [-0.15, -0.1) is 0 Å². The maximum atomic E-state index is 5.51. The fourth-order valence-corrected chi connectivity index (χ4v) is 2.37. The zero-order valence-corrected chi connectivity index (χ0v) is 13.6. The summed E-state index contributed by atoms with van der Waals surface area (Å²) in [5.41, 5.74) is 16.5. The SMILES string of the molecule is NCCCCCCCCCCCCNc1nc(N)nc(N)n1. The van der Waals surface area contributed by atoms with Crippen molar-refractivity contribution in [3.63, 3.8) is 0 Å². The molecule has 0 unspecified atom stereocenters. The minimum absolute atomic E-state index is 0.154. The molecule has 0 amide bonds. The first-order chi connectivity index (χ1) is 10.7. The highest BCUT2D eigenvalue weighted by Crippen LogP contribution is 2.10. The molecule has 1 heterocycles. The van der Waals surface area contributed by atoms with Gasteiger partial charge in [-0.25, -0.2) is 0 Å². The molecule has 0 saturated carbocycles. The number of nitrogens with two attached hydrogens (primary N) is 3. The summed E-state index contributed by atoms with van der Waals surface area (Å²) >= 11 is 0. The van der Waals surface area contributed by atoms with Crippen molar-refractivity contribution in [1.29, 1.82) is 0 Å². The zero-order chi connectivity index (χ0) is 16.0. The number of nitrogens with one attached hydrogen (secondary N) is 1. The molecule has 1 aromatic rings. The van der Waals surface area contributed by atoms with E-state index >= 15 is 0 Å². The summed E-state index contributed by atoms with van der Waals surface area (Å²) in [7, 11) is 0. The fourth-order valence-electron chi connectivity index (χ4n) is 2.37. The summed E-state index contributed by atoms with van der Waals surface area (Å²) in [5.74, 6) is 0.769. The standard InChI is InChI=1S/C15H31N7/c16-11-9-7-5-3-1-2-4-6-8-10-12-19-15-21-13(17)20-14(18)22-15/h1-12,16H2,(H5,17,18,19,20,21,22). The van der Waals surface area contributed by atoms with E-state index in [1.807, 2.05) is 0 Å². The Hall–Kier alpha value is -1.63. The number of nitrogen functional groups attached to an aromatic ring is 2. The first-order valence-electron chi connectivity index (χ1n) is 8.43. The highest BCUT2D eigenvalue weighted by Gasteiger charge is 2.00. The molecule has 0 aromatic carbocycles. The first kappa shape index (κ1) is 18.4. The number of hydrogen-bond donors (Lipinski definition) is 4. The van der Waals surface area contributed by atoms with Crippen LogP contribution in [0.15, 0.2) is 0 Å². The van der Waals surface area contributed by atoms with Crippen LogP contribution in [0.5, 0.6) is 0 Å². The maximum absolute atomic E-state index is 5.51. The van der Waals surface area contributed by atoms with Crippen LogP contribution in [0.1, 0.15) is 64.2 Å². The number of aromatic nitrogens is 3. The molecule has 0 fully saturated rings. The largest absolute Gasteiger partial charge is 0.368 e. The van der Waals surface area contributed by atoms with E-state index in [0.29, 0.717) is 5.95 Å². The Morgan fingerprint density at radius 3 is 1.59 bits per heavy atom. The van der Waals surface area contributed by atoms with E-state index in [-0.39, 0.29) is 11.9 Å². The summed E-state index contributed by atoms with van der Waals surface area (Å²) in [5, 5.41) is 3.12. The van der Waals surface area contributed by atoms with Gasteiger partial charge >= 0.3 is 0 Å². The van der Waals surface area contributed by atoms with Crippen LogP contribution in [-0.4, -0.2) is 28.0 Å². The number of anilines is 3. The molecule has 0 aliphatic rings. The van der Waals surface area contributed by atoms with E-state index in [1.54, 1.807) is 0 Å². The molecule has 0 aliphatic heterocycles. The lowest BCUT2D eigenvalue weighted by Gasteiger charge is -2.05. The Morgan fingerprint density at radius 2 is 1.09 bits per heavy atom. The summed E-state index contributed by atoms with van der Waals surface area (Å²) in [6, 6.07) is 0. The molecule has 0 atom stereocenters. The van der Waals surface area contributed by atoms with Crippen molar-refractivity contribution >= 4 is 17.8 Å². The lowest BCUT2D eigenvalue weighted by Crippen LogP contribution is -2.10. The first-order valence-corrected chi connectivity index (χ1v) is 8.43. The molecule has 7 nitrogen and oxygen atoms in total. The van der Waals surface area contributed by atoms with E-state index in [9.17, 15) is 0 Å². The molecule has 7 heteroatoms. The second-order valence-corrected chi connectivity index (χ2v) is 5.63. The molecule has 0 aliphatic carbocycles. The minimum atomic E-state index is 0.154. The molecule has 0 radical (unpaired) electrons. The Balaban J connectivity index is 1.89. The van der Waals surface area contributed by atoms with Crippen molar-refractivity contribution in [2.24, 2.45) is 5.73 Å². The van der Waals surface area contributed by atoms with Gasteiger partial charge in [-0.1, -0.05) is 51.4 Å². The Labute approximate surface area is 133 Å². The van der Waals surface area contributed by atoms with Gasteiger partial charge < -0.3 is 22.5 Å². The van der Waals surface area contributed by atoms with Gasteiger partial charge in [0.15, 0.2) is 0 Å². The predicted octanol–water partition coefficient (Wildman–Crippen LogP) is 2.31. The van der Waals surface area contributed by atoms with Gasteiger partial charge in [-0.05, 0) is 19.4 Å². The van der Waals surface area contributed by atoms with E-state index < -0.39 is 0 Å². The normalized spacial score (nSPS) is 10.8. The van der Waals surface area contributed by atoms with Crippen molar-refractivity contribution in [1.82, 2.24) is 15.0 Å². The Kier molecular flexibility index (Phi) is 10.0. The van der Waals surface area contributed by atoms with Crippen LogP contribution in [0.4, 0.5) is 17.8 Å². The van der Waals surface area contributed by atoms with Gasteiger partial charge in [0.05, 0.1) is 0 Å². The van der Waals surface area contributed by atoms with Gasteiger partial charge in [0.2, 0.25) is 17.8 Å². The predicted molar refractivity (Wildman–Crippen MR) is 92.4 cm³/mol. The van der Waals surface area contributed by atoms with Crippen LogP contribution in [0.3, 0.4) is 0 Å². The smallest absolute Gasteiger partial charge is 0.229 e. The lowest BCUT2D eigenvalue weighted by atomic mass is 10.1. The maximum Gasteiger partial charge on any atom is 0.229 e. The molecule has 1 aromatic heterocycles. The van der Waals surface area contributed by atoms with Gasteiger partial charge in [0, 0.05) is 6.54 Å². The van der Waals surface area contributed by atoms with Crippen LogP contribution in [0.25, 0.3) is 0 Å². The summed E-state index contributed by atoms with van der Waals surface area (Å²) in [6.45, 7) is 1.67. The molecule has 22 heavy (non-hydrogen) atoms. The van der Waals surface area contributed by atoms with Crippen LogP contribution >= 0.6 is 0 Å². The molecule has 1 rings (SSSR count). The lowest BCUT2D eigenvalue weighted by molar-refractivity contribution is 0.556. The molecule has 126 valence electrons. The van der Waals surface area contributed by atoms with E-state index in [1.165, 1.54) is 57.8 Å². The van der Waals surface area contributed by atoms with Crippen molar-refractivity contribution in [2.45, 2.75) is 64.2 Å². The molecular weight excluding hydrogens is 278 g/mol. The number of unbranched alkanes of at least 4 members (excludes halogenated alkanes) is 9. The average Bonchev–Trinajstić information content (AvgIpc) is 2.47. The average molecular weight is 309 g/mol. The Morgan fingerprint density at radius 1 is 0.636 bits per heavy atom. The second-order valence-electron chi connectivity index (χ2n) is 5.63. The molecule has 0 bridgehead atoms. The third-order valence-electron chi connectivity index (χ3n) is 3.58. The van der Waals surface area contributed by atoms with Gasteiger partial charge in [0.1, 0.15) is 0 Å². The number of nitrogens with zero attached hydrogens (tertiary/aromatic N) is 3. The highest BCUT2D eigenvalue weighted by atomic mass is 15.2. The molecule has 0 spiro atoms. The summed E-state index contributed by atoms with van der Waals surface area (Å²) in [4.78, 5) is 11.7. The minimum Gasteiger partial charge on any atom is -0.368 e. The van der Waals surface area contributed by atoms with Gasteiger partial charge in [-0.3, -0.25) is 0 Å². The molecular formula is C15H31N7. The monoisotopic (exact) mass is 309 g/mol. The Bertz CT molecular complexity index is 377. The van der Waals surface area contributed by atoms with Crippen LogP contribution < -0.4 is 22.5 Å². The third kappa shape index (κ3) is 9.33. The van der Waals surface area contributed by atoms with Crippen LogP contribution in [0, 0.1) is 0 Å². The summed E-state index contributed by atoms with van der Waals surface area (Å²) < 4.78 is 0. The van der Waals surface area contributed by atoms with Crippen molar-refractivity contribution in [3.05, 3.63) is 0 Å². The molecule has 7 N–H and O–H groups in total. The number of rotatable bonds is 13. The van der Waals surface area contributed by atoms with Crippen molar-refractivity contribution in [2.75, 3.05) is 29.9 Å². The van der Waals surface area contributed by atoms with E-state index in [0.717, 1.165) is 19.5 Å². The van der Waals surface area contributed by atoms with E-state index in [2.05, 4.69) is 20.3 Å². The van der Waals surface area contributed by atoms with Crippen LogP contribution in [-0.2, 0) is 0 Å². The van der Waals surface area contributed by atoms with Crippen molar-refractivity contribution < 1.29 is 0 Å². The molecule has 0 saturated heterocycles.